The Morgan fingerprint density at radius 2 is 1.60 bits per heavy atom. The van der Waals surface area contributed by atoms with Crippen LogP contribution in [-0.2, 0) is 24.6 Å². The number of aromatic nitrogens is 3. The second-order valence-electron chi connectivity index (χ2n) is 17.3. The van der Waals surface area contributed by atoms with Crippen LogP contribution in [0, 0.1) is 0 Å². The van der Waals surface area contributed by atoms with Crippen LogP contribution in [0.3, 0.4) is 0 Å². The van der Waals surface area contributed by atoms with Crippen molar-refractivity contribution in [2.75, 3.05) is 32.5 Å². The number of amides is 1. The van der Waals surface area contributed by atoms with Gasteiger partial charge in [0, 0.05) is 47.8 Å². The second-order valence-corrected chi connectivity index (χ2v) is 23.0. The molecule has 1 unspecified atom stereocenters. The van der Waals surface area contributed by atoms with Crippen LogP contribution in [0.4, 0.5) is 16.3 Å². The molecule has 1 aromatic carbocycles. The number of nitrogens with zero attached hydrogens (tertiary/aromatic N) is 5. The van der Waals surface area contributed by atoms with Gasteiger partial charge in [0.1, 0.15) is 17.1 Å². The number of fused-ring (bicyclic) bond motifs is 4. The zero-order valence-electron chi connectivity index (χ0n) is 32.9. The van der Waals surface area contributed by atoms with Crippen LogP contribution in [-0.4, -0.2) is 76.7 Å². The molecule has 0 saturated carbocycles. The van der Waals surface area contributed by atoms with Crippen LogP contribution in [0.25, 0.3) is 21.9 Å². The van der Waals surface area contributed by atoms with Gasteiger partial charge in [0.15, 0.2) is 8.24 Å². The van der Waals surface area contributed by atoms with Crippen molar-refractivity contribution in [3.8, 4) is 0 Å². The minimum atomic E-state index is -2.00. The Morgan fingerprint density at radius 3 is 2.22 bits per heavy atom. The van der Waals surface area contributed by atoms with Gasteiger partial charge < -0.3 is 28.7 Å². The van der Waals surface area contributed by atoms with Gasteiger partial charge in [-0.3, -0.25) is 0 Å². The first-order valence-electron chi connectivity index (χ1n) is 19.1. The standard InChI is InChI=1S/C41H62N6O2Si/c1-26(2)50(27(3)4,28(5)6)47-25-35(29-19-21-44(10)22-20-29)32-15-13-30(23-37(32)47)42-38-18-16-33-34-24-31(45(11)40(48)49-41(7,8)9)14-17-36(34)46(12)39(33)43-38/h13,15-16,18,23,25-29,31H,14,17,19-22,24H2,1-12H3,(H,42,43). The third-order valence-electron chi connectivity index (χ3n) is 12.1. The van der Waals surface area contributed by atoms with Gasteiger partial charge in [-0.25, -0.2) is 9.78 Å². The number of carbonyl (C=O) groups excluding carboxylic acids is 1. The van der Waals surface area contributed by atoms with Crippen molar-refractivity contribution in [1.29, 1.82) is 0 Å². The number of nitrogens with one attached hydrogen (secondary N) is 1. The van der Waals surface area contributed by atoms with Gasteiger partial charge in [-0.05, 0) is 137 Å². The Kier molecular flexibility index (Phi) is 9.98. The van der Waals surface area contributed by atoms with E-state index in [0.29, 0.717) is 22.5 Å². The van der Waals surface area contributed by atoms with E-state index >= 15 is 0 Å². The summed E-state index contributed by atoms with van der Waals surface area (Å²) < 4.78 is 10.8. The van der Waals surface area contributed by atoms with Gasteiger partial charge in [-0.1, -0.05) is 47.6 Å². The van der Waals surface area contributed by atoms with Crippen molar-refractivity contribution in [2.24, 2.45) is 7.05 Å². The Morgan fingerprint density at radius 1 is 0.960 bits per heavy atom. The normalized spacial score (nSPS) is 18.1. The van der Waals surface area contributed by atoms with Gasteiger partial charge >= 0.3 is 6.09 Å². The molecule has 1 fully saturated rings. The van der Waals surface area contributed by atoms with E-state index in [2.05, 4.69) is 111 Å². The fraction of sp³-hybridized carbons (Fsp3) is 0.610. The summed E-state index contributed by atoms with van der Waals surface area (Å²) in [6.45, 7) is 22.9. The average molecular weight is 699 g/mol. The van der Waals surface area contributed by atoms with Gasteiger partial charge in [0.05, 0.1) is 0 Å². The highest BCUT2D eigenvalue weighted by molar-refractivity contribution is 6.82. The molecule has 8 nitrogen and oxygen atoms in total. The maximum Gasteiger partial charge on any atom is 0.410 e. The zero-order valence-corrected chi connectivity index (χ0v) is 33.9. The Bertz CT molecular complexity index is 1830. The van der Waals surface area contributed by atoms with E-state index in [1.807, 2.05) is 27.8 Å². The smallest absolute Gasteiger partial charge is 0.410 e. The summed E-state index contributed by atoms with van der Waals surface area (Å²) >= 11 is 0. The molecule has 4 aromatic rings. The summed E-state index contributed by atoms with van der Waals surface area (Å²) in [5.41, 5.74) is 8.91. The minimum absolute atomic E-state index is 0.0984. The fourth-order valence-electron chi connectivity index (χ4n) is 9.77. The molecule has 2 aliphatic rings. The van der Waals surface area contributed by atoms with E-state index < -0.39 is 13.8 Å². The van der Waals surface area contributed by atoms with Crippen LogP contribution in [0.5, 0.6) is 0 Å². The molecule has 0 spiro atoms. The molecule has 4 heterocycles. The lowest BCUT2D eigenvalue weighted by Crippen LogP contribution is -2.51. The number of likely N-dealkylation sites (N-methyl/N-ethyl adjacent to an activating group) is 1. The second kappa shape index (κ2) is 13.7. The maximum atomic E-state index is 12.9. The largest absolute Gasteiger partial charge is 0.444 e. The summed E-state index contributed by atoms with van der Waals surface area (Å²) in [4.78, 5) is 22.3. The lowest BCUT2D eigenvalue weighted by molar-refractivity contribution is 0.0210. The van der Waals surface area contributed by atoms with Crippen LogP contribution in [0.2, 0.25) is 16.6 Å². The van der Waals surface area contributed by atoms with E-state index in [4.69, 9.17) is 9.72 Å². The number of pyridine rings is 1. The lowest BCUT2D eigenvalue weighted by Gasteiger charge is -2.44. The number of benzene rings is 1. The lowest BCUT2D eigenvalue weighted by atomic mass is 9.89. The van der Waals surface area contributed by atoms with Crippen LogP contribution in [0.1, 0.15) is 104 Å². The van der Waals surface area contributed by atoms with E-state index in [1.165, 1.54) is 40.4 Å². The third kappa shape index (κ3) is 6.49. The minimum Gasteiger partial charge on any atom is -0.444 e. The molecule has 6 rings (SSSR count). The molecule has 3 aromatic heterocycles. The highest BCUT2D eigenvalue weighted by Crippen LogP contribution is 2.47. The fourth-order valence-corrected chi connectivity index (χ4v) is 16.4. The highest BCUT2D eigenvalue weighted by Gasteiger charge is 2.46. The van der Waals surface area contributed by atoms with Gasteiger partial charge in [-0.15, -0.1) is 0 Å². The molecule has 1 aliphatic carbocycles. The summed E-state index contributed by atoms with van der Waals surface area (Å²) in [6.07, 6.45) is 7.40. The number of anilines is 2. The molecule has 1 N–H and O–H groups in total. The Balaban J connectivity index is 1.35. The number of likely N-dealkylation sites (tertiary alicyclic amines) is 1. The molecular weight excluding hydrogens is 637 g/mol. The predicted octanol–water partition coefficient (Wildman–Crippen LogP) is 9.83. The first-order valence-corrected chi connectivity index (χ1v) is 21.2. The van der Waals surface area contributed by atoms with Crippen LogP contribution >= 0.6 is 0 Å². The zero-order chi connectivity index (χ0) is 36.3. The number of piperidine rings is 1. The Labute approximate surface area is 301 Å². The van der Waals surface area contributed by atoms with Gasteiger partial charge in [-0.2, -0.15) is 0 Å². The van der Waals surface area contributed by atoms with Crippen LogP contribution < -0.4 is 5.32 Å². The summed E-state index contributed by atoms with van der Waals surface area (Å²) in [7, 11) is 4.26. The summed E-state index contributed by atoms with van der Waals surface area (Å²) in [5, 5.41) is 6.32. The topological polar surface area (TPSA) is 67.6 Å². The van der Waals surface area contributed by atoms with E-state index in [9.17, 15) is 4.79 Å². The maximum absolute atomic E-state index is 12.9. The monoisotopic (exact) mass is 698 g/mol. The molecule has 1 amide bonds. The van der Waals surface area contributed by atoms with Gasteiger partial charge in [0.25, 0.3) is 0 Å². The summed E-state index contributed by atoms with van der Waals surface area (Å²) in [6, 6.07) is 11.5. The number of carbonyl (C=O) groups is 1. The van der Waals surface area contributed by atoms with E-state index in [0.717, 1.165) is 49.5 Å². The summed E-state index contributed by atoms with van der Waals surface area (Å²) in [5.74, 6) is 1.45. The molecular formula is C41H62N6O2Si. The molecule has 9 heteroatoms. The van der Waals surface area contributed by atoms with Crippen LogP contribution in [0.15, 0.2) is 36.5 Å². The van der Waals surface area contributed by atoms with Crippen molar-refractivity contribution >= 4 is 47.8 Å². The Hall–Kier alpha value is -3.30. The molecule has 272 valence electrons. The predicted molar refractivity (Wildman–Crippen MR) is 212 cm³/mol. The van der Waals surface area contributed by atoms with Crippen molar-refractivity contribution in [3.63, 3.8) is 0 Å². The number of rotatable bonds is 8. The molecule has 50 heavy (non-hydrogen) atoms. The third-order valence-corrected chi connectivity index (χ3v) is 18.9. The molecule has 1 atom stereocenters. The molecule has 0 bridgehead atoms. The number of aryl methyl sites for hydroxylation is 1. The van der Waals surface area contributed by atoms with Gasteiger partial charge in [0.2, 0.25) is 0 Å². The van der Waals surface area contributed by atoms with Crippen molar-refractivity contribution in [2.45, 2.75) is 129 Å². The molecule has 1 saturated heterocycles. The van der Waals surface area contributed by atoms with Crippen molar-refractivity contribution in [3.05, 3.63) is 53.3 Å². The van der Waals surface area contributed by atoms with Crippen molar-refractivity contribution in [1.82, 2.24) is 23.6 Å². The number of hydrogen-bond acceptors (Lipinski definition) is 5. The SMILES string of the molecule is CC(C)[Si](C(C)C)(C(C)C)n1cc(C2CCN(C)CC2)c2ccc(Nc3ccc4c5c(n(C)c4n3)CCC(N(C)C(=O)OC(C)(C)C)C5)cc21. The van der Waals surface area contributed by atoms with E-state index in [1.54, 1.807) is 10.5 Å². The quantitative estimate of drug-likeness (QED) is 0.186. The first kappa shape index (κ1) is 36.5. The number of hydrogen-bond donors (Lipinski definition) is 1. The van der Waals surface area contributed by atoms with Crippen molar-refractivity contribution < 1.29 is 9.53 Å². The highest BCUT2D eigenvalue weighted by atomic mass is 28.3. The van der Waals surface area contributed by atoms with E-state index in [-0.39, 0.29) is 12.1 Å². The molecule has 1 aliphatic heterocycles. The average Bonchev–Trinajstić information content (AvgIpc) is 3.54. The number of ether oxygens (including phenoxy) is 1. The first-order chi connectivity index (χ1) is 23.5. The molecule has 0 radical (unpaired) electrons.